The molecule has 1 unspecified atom stereocenters. The number of thiophene rings is 1. The number of aliphatic imine (C=N–C) groups is 1. The van der Waals surface area contributed by atoms with E-state index in [1.807, 2.05) is 23.5 Å². The molecular weight excluding hydrogens is 359 g/mol. The molecule has 3 rings (SSSR count). The second kappa shape index (κ2) is 10.4. The van der Waals surface area contributed by atoms with Crippen LogP contribution in [0.4, 0.5) is 4.39 Å². The molecule has 0 spiro atoms. The molecule has 1 aromatic carbocycles. The van der Waals surface area contributed by atoms with Crippen molar-refractivity contribution in [1.29, 1.82) is 0 Å². The molecule has 0 amide bonds. The molecule has 27 heavy (non-hydrogen) atoms. The molecule has 1 aromatic heterocycles. The van der Waals surface area contributed by atoms with Gasteiger partial charge in [0.05, 0.1) is 0 Å². The summed E-state index contributed by atoms with van der Waals surface area (Å²) in [6, 6.07) is 11.3. The average Bonchev–Trinajstić information content (AvgIpc) is 3.19. The predicted molar refractivity (Wildman–Crippen MR) is 112 cm³/mol. The molecule has 2 N–H and O–H groups in total. The molecule has 146 valence electrons. The number of guanidine groups is 1. The van der Waals surface area contributed by atoms with Gasteiger partial charge in [-0.15, -0.1) is 11.3 Å². The Hall–Kier alpha value is -1.92. The zero-order valence-electron chi connectivity index (χ0n) is 16.0. The van der Waals surface area contributed by atoms with Crippen LogP contribution in [0.25, 0.3) is 0 Å². The first-order valence-electron chi connectivity index (χ1n) is 9.67. The normalized spacial score (nSPS) is 18.4. The Morgan fingerprint density at radius 2 is 2.15 bits per heavy atom. The molecule has 1 atom stereocenters. The first-order valence-corrected chi connectivity index (χ1v) is 10.5. The number of nitrogens with one attached hydrogen (secondary N) is 2. The Morgan fingerprint density at radius 3 is 2.93 bits per heavy atom. The van der Waals surface area contributed by atoms with Gasteiger partial charge in [-0.05, 0) is 54.8 Å². The zero-order chi connectivity index (χ0) is 18.9. The van der Waals surface area contributed by atoms with Crippen LogP contribution in [0.5, 0.6) is 0 Å². The summed E-state index contributed by atoms with van der Waals surface area (Å²) in [6.07, 6.45) is 3.14. The number of halogens is 1. The molecule has 6 heteroatoms. The number of rotatable bonds is 7. The van der Waals surface area contributed by atoms with Gasteiger partial charge in [0.25, 0.3) is 0 Å². The van der Waals surface area contributed by atoms with Gasteiger partial charge in [-0.3, -0.25) is 9.89 Å². The molecule has 2 heterocycles. The third-order valence-electron chi connectivity index (χ3n) is 4.99. The molecule has 1 saturated heterocycles. The summed E-state index contributed by atoms with van der Waals surface area (Å²) in [5, 5.41) is 8.88. The molecule has 0 saturated carbocycles. The molecule has 4 nitrogen and oxygen atoms in total. The van der Waals surface area contributed by atoms with Gasteiger partial charge in [-0.2, -0.15) is 0 Å². The number of piperidine rings is 1. The lowest BCUT2D eigenvalue weighted by Crippen LogP contribution is -2.44. The molecular formula is C21H29FN4S. The minimum absolute atomic E-state index is 0.143. The van der Waals surface area contributed by atoms with Crippen LogP contribution < -0.4 is 10.6 Å². The highest BCUT2D eigenvalue weighted by Crippen LogP contribution is 2.19. The van der Waals surface area contributed by atoms with Gasteiger partial charge >= 0.3 is 0 Å². The van der Waals surface area contributed by atoms with E-state index in [-0.39, 0.29) is 5.82 Å². The van der Waals surface area contributed by atoms with Crippen molar-refractivity contribution in [3.05, 3.63) is 58.0 Å². The minimum Gasteiger partial charge on any atom is -0.356 e. The molecule has 0 aliphatic carbocycles. The summed E-state index contributed by atoms with van der Waals surface area (Å²) < 4.78 is 13.7. The lowest BCUT2D eigenvalue weighted by Gasteiger charge is -2.32. The van der Waals surface area contributed by atoms with Crippen LogP contribution >= 0.6 is 11.3 Å². The molecule has 1 fully saturated rings. The summed E-state index contributed by atoms with van der Waals surface area (Å²) in [5.41, 5.74) is 0.733. The Balaban J connectivity index is 1.39. The number of nitrogens with zero attached hydrogens (tertiary/aromatic N) is 2. The maximum atomic E-state index is 13.7. The molecule has 1 aliphatic rings. The SMILES string of the molecule is CN=C(NCCc1ccccc1F)NCC1CCCN(Cc2cccs2)C1. The second-order valence-electron chi connectivity index (χ2n) is 7.04. The summed E-state index contributed by atoms with van der Waals surface area (Å²) >= 11 is 1.83. The highest BCUT2D eigenvalue weighted by molar-refractivity contribution is 7.09. The smallest absolute Gasteiger partial charge is 0.190 e. The van der Waals surface area contributed by atoms with Crippen LogP contribution in [-0.4, -0.2) is 44.1 Å². The largest absolute Gasteiger partial charge is 0.356 e. The van der Waals surface area contributed by atoms with Crippen LogP contribution in [0.2, 0.25) is 0 Å². The monoisotopic (exact) mass is 388 g/mol. The van der Waals surface area contributed by atoms with Crippen molar-refractivity contribution in [3.8, 4) is 0 Å². The number of hydrogen-bond donors (Lipinski definition) is 2. The fraction of sp³-hybridized carbons (Fsp3) is 0.476. The van der Waals surface area contributed by atoms with E-state index < -0.39 is 0 Å². The second-order valence-corrected chi connectivity index (χ2v) is 8.08. The lowest BCUT2D eigenvalue weighted by molar-refractivity contribution is 0.169. The lowest BCUT2D eigenvalue weighted by atomic mass is 9.98. The van der Waals surface area contributed by atoms with E-state index in [4.69, 9.17) is 0 Å². The topological polar surface area (TPSA) is 39.7 Å². The van der Waals surface area contributed by atoms with Crippen LogP contribution in [0.15, 0.2) is 46.8 Å². The van der Waals surface area contributed by atoms with E-state index in [1.165, 1.54) is 30.3 Å². The van der Waals surface area contributed by atoms with Crippen LogP contribution in [0.3, 0.4) is 0 Å². The molecule has 1 aliphatic heterocycles. The summed E-state index contributed by atoms with van der Waals surface area (Å²) in [6.45, 7) is 4.95. The number of hydrogen-bond acceptors (Lipinski definition) is 3. The number of benzene rings is 1. The van der Waals surface area contributed by atoms with Crippen molar-refractivity contribution in [1.82, 2.24) is 15.5 Å². The van der Waals surface area contributed by atoms with Crippen molar-refractivity contribution < 1.29 is 4.39 Å². The van der Waals surface area contributed by atoms with Crippen molar-refractivity contribution in [2.75, 3.05) is 33.2 Å². The fourth-order valence-corrected chi connectivity index (χ4v) is 4.31. The van der Waals surface area contributed by atoms with E-state index in [0.29, 0.717) is 18.9 Å². The van der Waals surface area contributed by atoms with Gasteiger partial charge in [0.2, 0.25) is 0 Å². The quantitative estimate of drug-likeness (QED) is 0.563. The maximum Gasteiger partial charge on any atom is 0.190 e. The van der Waals surface area contributed by atoms with Crippen molar-refractivity contribution in [2.45, 2.75) is 25.8 Å². The molecule has 2 aromatic rings. The minimum atomic E-state index is -0.143. The Kier molecular flexibility index (Phi) is 7.66. The third kappa shape index (κ3) is 6.33. The maximum absolute atomic E-state index is 13.7. The summed E-state index contributed by atoms with van der Waals surface area (Å²) in [4.78, 5) is 8.29. The van der Waals surface area contributed by atoms with Gasteiger partial charge in [-0.25, -0.2) is 4.39 Å². The first kappa shape index (κ1) is 19.8. The van der Waals surface area contributed by atoms with Crippen molar-refractivity contribution >= 4 is 17.3 Å². The predicted octanol–water partition coefficient (Wildman–Crippen LogP) is 3.51. The Bertz CT molecular complexity index is 717. The summed E-state index contributed by atoms with van der Waals surface area (Å²) in [7, 11) is 1.78. The zero-order valence-corrected chi connectivity index (χ0v) is 16.8. The van der Waals surface area contributed by atoms with E-state index in [0.717, 1.165) is 31.2 Å². The summed E-state index contributed by atoms with van der Waals surface area (Å²) in [5.74, 6) is 1.28. The molecule has 0 bridgehead atoms. The Labute approximate surface area is 165 Å². The van der Waals surface area contributed by atoms with Gasteiger partial charge in [0.1, 0.15) is 5.82 Å². The third-order valence-corrected chi connectivity index (χ3v) is 5.85. The van der Waals surface area contributed by atoms with Crippen molar-refractivity contribution in [3.63, 3.8) is 0 Å². The van der Waals surface area contributed by atoms with Crippen molar-refractivity contribution in [2.24, 2.45) is 10.9 Å². The average molecular weight is 389 g/mol. The number of likely N-dealkylation sites (tertiary alicyclic amines) is 1. The van der Waals surface area contributed by atoms with Gasteiger partial charge < -0.3 is 10.6 Å². The highest BCUT2D eigenvalue weighted by atomic mass is 32.1. The van der Waals surface area contributed by atoms with E-state index >= 15 is 0 Å². The fourth-order valence-electron chi connectivity index (χ4n) is 3.56. The standard InChI is InChI=1S/C21H29FN4S/c1-23-21(24-11-10-18-7-2-3-9-20(18)22)25-14-17-6-4-12-26(15-17)16-19-8-5-13-27-19/h2-3,5,7-9,13,17H,4,6,10-12,14-16H2,1H3,(H2,23,24,25). The Morgan fingerprint density at radius 1 is 1.26 bits per heavy atom. The van der Waals surface area contributed by atoms with E-state index in [2.05, 4.69) is 38.0 Å². The van der Waals surface area contributed by atoms with Gasteiger partial charge in [-0.1, -0.05) is 24.3 Å². The molecule has 0 radical (unpaired) electrons. The van der Waals surface area contributed by atoms with Gasteiger partial charge in [0.15, 0.2) is 5.96 Å². The van der Waals surface area contributed by atoms with E-state index in [9.17, 15) is 4.39 Å². The van der Waals surface area contributed by atoms with Crippen LogP contribution in [-0.2, 0) is 13.0 Å². The van der Waals surface area contributed by atoms with Crippen LogP contribution in [0, 0.1) is 11.7 Å². The van der Waals surface area contributed by atoms with Crippen LogP contribution in [0.1, 0.15) is 23.3 Å². The first-order chi connectivity index (χ1) is 13.2. The van der Waals surface area contributed by atoms with E-state index in [1.54, 1.807) is 13.1 Å². The highest BCUT2D eigenvalue weighted by Gasteiger charge is 2.20. The van der Waals surface area contributed by atoms with Gasteiger partial charge in [0, 0.05) is 38.1 Å².